The number of carbonyl (C=O) groups excluding carboxylic acids is 1. The minimum absolute atomic E-state index is 0.126. The highest BCUT2D eigenvalue weighted by Gasteiger charge is 2.28. The van der Waals surface area contributed by atoms with Gasteiger partial charge in [0.2, 0.25) is 0 Å². The maximum absolute atomic E-state index is 11.8. The van der Waals surface area contributed by atoms with Crippen LogP contribution in [0.4, 0.5) is 0 Å². The second-order valence-corrected chi connectivity index (χ2v) is 4.68. The average Bonchev–Trinajstić information content (AvgIpc) is 2.34. The lowest BCUT2D eigenvalue weighted by Crippen LogP contribution is -2.46. The van der Waals surface area contributed by atoms with Crippen molar-refractivity contribution in [1.82, 2.24) is 5.32 Å². The molecule has 0 radical (unpaired) electrons. The van der Waals surface area contributed by atoms with E-state index in [2.05, 4.69) is 19.2 Å². The lowest BCUT2D eigenvalue weighted by Gasteiger charge is -2.28. The molecule has 0 aliphatic carbocycles. The quantitative estimate of drug-likeness (QED) is 0.546. The zero-order chi connectivity index (χ0) is 12.5. The van der Waals surface area contributed by atoms with E-state index >= 15 is 0 Å². The summed E-state index contributed by atoms with van der Waals surface area (Å²) in [5.74, 6) is 0.244. The predicted molar refractivity (Wildman–Crippen MR) is 66.9 cm³/mol. The average molecular weight is 243 g/mol. The maximum atomic E-state index is 11.8. The first-order valence-electron chi connectivity index (χ1n) is 6.73. The van der Waals surface area contributed by atoms with Crippen molar-refractivity contribution in [1.29, 1.82) is 0 Å². The van der Waals surface area contributed by atoms with Crippen LogP contribution in [0.2, 0.25) is 0 Å². The van der Waals surface area contributed by atoms with Crippen molar-refractivity contribution in [2.24, 2.45) is 5.92 Å². The molecule has 1 aliphatic heterocycles. The summed E-state index contributed by atoms with van der Waals surface area (Å²) in [6, 6.07) is -0.126. The van der Waals surface area contributed by atoms with Gasteiger partial charge in [-0.2, -0.15) is 0 Å². The van der Waals surface area contributed by atoms with E-state index in [9.17, 15) is 4.79 Å². The van der Waals surface area contributed by atoms with Crippen LogP contribution in [-0.2, 0) is 14.3 Å². The highest BCUT2D eigenvalue weighted by molar-refractivity contribution is 5.76. The first-order chi connectivity index (χ1) is 8.25. The Bertz CT molecular complexity index is 221. The number of unbranched alkanes of at least 4 members (excludes halogenated alkanes) is 1. The van der Waals surface area contributed by atoms with Gasteiger partial charge in [0.25, 0.3) is 0 Å². The first kappa shape index (κ1) is 14.5. The molecule has 0 saturated carbocycles. The molecule has 1 heterocycles. The monoisotopic (exact) mass is 243 g/mol. The normalized spacial score (nSPS) is 24.6. The largest absolute Gasteiger partial charge is 0.462 e. The van der Waals surface area contributed by atoms with Crippen molar-refractivity contribution in [2.75, 3.05) is 26.4 Å². The molecule has 1 aliphatic rings. The molecule has 0 spiro atoms. The molecule has 0 bridgehead atoms. The standard InChI is InChI=1S/C13H25NO3/c1-3-4-8-16-9-10-17-13(15)12-11(2)6-5-7-14-12/h11-12,14H,3-10H2,1-2H3. The molecule has 1 rings (SSSR count). The molecule has 2 unspecified atom stereocenters. The summed E-state index contributed by atoms with van der Waals surface area (Å²) in [5, 5.41) is 3.21. The summed E-state index contributed by atoms with van der Waals surface area (Å²) >= 11 is 0. The Kier molecular flexibility index (Phi) is 7.21. The van der Waals surface area contributed by atoms with E-state index in [1.54, 1.807) is 0 Å². The van der Waals surface area contributed by atoms with Crippen LogP contribution in [-0.4, -0.2) is 38.4 Å². The van der Waals surface area contributed by atoms with Crippen molar-refractivity contribution >= 4 is 5.97 Å². The van der Waals surface area contributed by atoms with Gasteiger partial charge in [-0.15, -0.1) is 0 Å². The summed E-state index contributed by atoms with van der Waals surface area (Å²) < 4.78 is 10.5. The van der Waals surface area contributed by atoms with Gasteiger partial charge in [-0.05, 0) is 31.7 Å². The Balaban J connectivity index is 2.07. The van der Waals surface area contributed by atoms with E-state index in [-0.39, 0.29) is 12.0 Å². The summed E-state index contributed by atoms with van der Waals surface area (Å²) in [7, 11) is 0. The van der Waals surface area contributed by atoms with Gasteiger partial charge in [-0.3, -0.25) is 4.79 Å². The fraction of sp³-hybridized carbons (Fsp3) is 0.923. The minimum atomic E-state index is -0.128. The van der Waals surface area contributed by atoms with Gasteiger partial charge in [-0.25, -0.2) is 0 Å². The lowest BCUT2D eigenvalue weighted by molar-refractivity contribution is -0.149. The SMILES string of the molecule is CCCCOCCOC(=O)C1NCCCC1C. The topological polar surface area (TPSA) is 47.6 Å². The number of esters is 1. The van der Waals surface area contributed by atoms with E-state index in [1.165, 1.54) is 0 Å². The molecule has 2 atom stereocenters. The molecule has 4 nitrogen and oxygen atoms in total. The van der Waals surface area contributed by atoms with Crippen LogP contribution in [0.5, 0.6) is 0 Å². The molecule has 0 aromatic heterocycles. The van der Waals surface area contributed by atoms with Gasteiger partial charge >= 0.3 is 5.97 Å². The highest BCUT2D eigenvalue weighted by Crippen LogP contribution is 2.16. The fourth-order valence-corrected chi connectivity index (χ4v) is 2.00. The van der Waals surface area contributed by atoms with Crippen LogP contribution in [0.25, 0.3) is 0 Å². The Morgan fingerprint density at radius 2 is 2.18 bits per heavy atom. The van der Waals surface area contributed by atoms with Crippen molar-refractivity contribution in [2.45, 2.75) is 45.6 Å². The Hall–Kier alpha value is -0.610. The van der Waals surface area contributed by atoms with Crippen LogP contribution in [0.1, 0.15) is 39.5 Å². The molecule has 100 valence electrons. The van der Waals surface area contributed by atoms with Crippen LogP contribution in [0.3, 0.4) is 0 Å². The molecule has 17 heavy (non-hydrogen) atoms. The van der Waals surface area contributed by atoms with Crippen molar-refractivity contribution in [3.63, 3.8) is 0 Å². The second-order valence-electron chi connectivity index (χ2n) is 4.68. The Morgan fingerprint density at radius 1 is 1.35 bits per heavy atom. The molecule has 0 aromatic rings. The zero-order valence-corrected chi connectivity index (χ0v) is 11.0. The third kappa shape index (κ3) is 5.50. The van der Waals surface area contributed by atoms with Crippen LogP contribution >= 0.6 is 0 Å². The third-order valence-electron chi connectivity index (χ3n) is 3.14. The summed E-state index contributed by atoms with van der Waals surface area (Å²) in [6.07, 6.45) is 4.43. The lowest BCUT2D eigenvalue weighted by atomic mass is 9.93. The number of nitrogens with one attached hydrogen (secondary N) is 1. The zero-order valence-electron chi connectivity index (χ0n) is 11.0. The van der Waals surface area contributed by atoms with Crippen LogP contribution in [0.15, 0.2) is 0 Å². The third-order valence-corrected chi connectivity index (χ3v) is 3.14. The van der Waals surface area contributed by atoms with Gasteiger partial charge in [0.05, 0.1) is 6.61 Å². The second kappa shape index (κ2) is 8.48. The van der Waals surface area contributed by atoms with Crippen LogP contribution < -0.4 is 5.32 Å². The molecule has 1 N–H and O–H groups in total. The Labute approximate surface area is 104 Å². The van der Waals surface area contributed by atoms with E-state index in [4.69, 9.17) is 9.47 Å². The number of carbonyl (C=O) groups is 1. The number of piperidine rings is 1. The van der Waals surface area contributed by atoms with Gasteiger partial charge in [0.15, 0.2) is 0 Å². The maximum Gasteiger partial charge on any atom is 0.323 e. The smallest absolute Gasteiger partial charge is 0.323 e. The highest BCUT2D eigenvalue weighted by atomic mass is 16.6. The number of hydrogen-bond donors (Lipinski definition) is 1. The molecular weight excluding hydrogens is 218 g/mol. The fourth-order valence-electron chi connectivity index (χ4n) is 2.00. The molecule has 1 saturated heterocycles. The number of ether oxygens (including phenoxy) is 2. The van der Waals surface area contributed by atoms with Crippen molar-refractivity contribution in [3.05, 3.63) is 0 Å². The van der Waals surface area contributed by atoms with Crippen molar-refractivity contribution < 1.29 is 14.3 Å². The number of rotatable bonds is 7. The van der Waals surface area contributed by atoms with E-state index in [0.29, 0.717) is 19.1 Å². The van der Waals surface area contributed by atoms with E-state index in [1.807, 2.05) is 0 Å². The van der Waals surface area contributed by atoms with E-state index in [0.717, 1.165) is 38.8 Å². The Morgan fingerprint density at radius 3 is 2.88 bits per heavy atom. The summed E-state index contributed by atoms with van der Waals surface area (Å²) in [4.78, 5) is 11.8. The van der Waals surface area contributed by atoms with Gasteiger partial charge in [0, 0.05) is 6.61 Å². The predicted octanol–water partition coefficient (Wildman–Crippen LogP) is 1.73. The molecule has 0 aromatic carbocycles. The summed E-state index contributed by atoms with van der Waals surface area (Å²) in [5.41, 5.74) is 0. The number of hydrogen-bond acceptors (Lipinski definition) is 4. The summed E-state index contributed by atoms with van der Waals surface area (Å²) in [6.45, 7) is 6.76. The molecule has 4 heteroatoms. The first-order valence-corrected chi connectivity index (χ1v) is 6.73. The minimum Gasteiger partial charge on any atom is -0.462 e. The van der Waals surface area contributed by atoms with Gasteiger partial charge in [0.1, 0.15) is 12.6 Å². The van der Waals surface area contributed by atoms with Gasteiger partial charge < -0.3 is 14.8 Å². The molecule has 0 amide bonds. The van der Waals surface area contributed by atoms with E-state index < -0.39 is 0 Å². The molecular formula is C13H25NO3. The molecule has 1 fully saturated rings. The van der Waals surface area contributed by atoms with Crippen LogP contribution in [0, 0.1) is 5.92 Å². The van der Waals surface area contributed by atoms with Gasteiger partial charge in [-0.1, -0.05) is 20.3 Å². The van der Waals surface area contributed by atoms with Crippen molar-refractivity contribution in [3.8, 4) is 0 Å².